The Morgan fingerprint density at radius 2 is 2.04 bits per heavy atom. The number of aliphatic hydroxyl groups is 2. The number of nitrogens with two attached hydrogens (primary N) is 1. The van der Waals surface area contributed by atoms with Crippen molar-refractivity contribution >= 4 is 33.2 Å². The molecule has 0 bridgehead atoms. The predicted octanol–water partition coefficient (Wildman–Crippen LogP) is 4.35. The van der Waals surface area contributed by atoms with Crippen LogP contribution in [-0.4, -0.2) is 87.3 Å². The number of halogens is 4. The number of benzene rings is 2. The SMILES string of the molecule is Nc1cc(-c2ncc3c(N4CCOCC5CC54)nc(OC[C@@]45CCCN4C/C(=C\F)C5)nc3c2F)c2c(OC(O)(O)F)c(F)ccc2c1. The molecular formula is C33H32F4N6O5. The van der Waals surface area contributed by atoms with Crippen LogP contribution >= 0.6 is 0 Å². The molecule has 1 saturated carbocycles. The Bertz CT molecular complexity index is 1980. The normalized spacial score (nSPS) is 25.0. The molecule has 2 aromatic carbocycles. The third kappa shape index (κ3) is 5.34. The Morgan fingerprint density at radius 1 is 1.19 bits per heavy atom. The van der Waals surface area contributed by atoms with E-state index in [-0.39, 0.29) is 51.9 Å². The zero-order valence-electron chi connectivity index (χ0n) is 25.6. The molecule has 0 spiro atoms. The number of alkyl halides is 1. The molecule has 2 unspecified atom stereocenters. The summed E-state index contributed by atoms with van der Waals surface area (Å²) >= 11 is 0. The highest BCUT2D eigenvalue weighted by Gasteiger charge is 2.48. The van der Waals surface area contributed by atoms with E-state index in [1.165, 1.54) is 24.4 Å². The van der Waals surface area contributed by atoms with Gasteiger partial charge in [-0.25, -0.2) is 13.2 Å². The molecule has 3 aliphatic heterocycles. The fourth-order valence-corrected chi connectivity index (χ4v) is 7.61. The van der Waals surface area contributed by atoms with Crippen LogP contribution in [0.15, 0.2) is 42.4 Å². The molecule has 3 atom stereocenters. The van der Waals surface area contributed by atoms with E-state index in [1.54, 1.807) is 0 Å². The molecule has 48 heavy (non-hydrogen) atoms. The monoisotopic (exact) mass is 668 g/mol. The van der Waals surface area contributed by atoms with Crippen LogP contribution in [0.4, 0.5) is 29.1 Å². The van der Waals surface area contributed by atoms with Crippen molar-refractivity contribution in [2.75, 3.05) is 50.1 Å². The van der Waals surface area contributed by atoms with Crippen LogP contribution in [0.2, 0.25) is 0 Å². The summed E-state index contributed by atoms with van der Waals surface area (Å²) in [6, 6.07) is 4.99. The summed E-state index contributed by atoms with van der Waals surface area (Å²) in [6.45, 7) is 3.03. The zero-order chi connectivity index (χ0) is 33.4. The minimum absolute atomic E-state index is 0.0786. The van der Waals surface area contributed by atoms with Gasteiger partial charge in [0.05, 0.1) is 30.5 Å². The molecule has 3 saturated heterocycles. The van der Waals surface area contributed by atoms with E-state index in [4.69, 9.17) is 20.2 Å². The third-order valence-electron chi connectivity index (χ3n) is 9.86. The Balaban J connectivity index is 1.28. The van der Waals surface area contributed by atoms with Crippen LogP contribution in [0, 0.1) is 17.6 Å². The van der Waals surface area contributed by atoms with Crippen molar-refractivity contribution in [3.05, 3.63) is 54.0 Å². The largest absolute Gasteiger partial charge is 0.492 e. The number of nitrogen functional groups attached to an aromatic ring is 1. The highest BCUT2D eigenvalue weighted by atomic mass is 19.2. The molecular weight excluding hydrogens is 636 g/mol. The summed E-state index contributed by atoms with van der Waals surface area (Å²) in [6.07, 6.45) is 0.930. The van der Waals surface area contributed by atoms with Gasteiger partial charge in [0.2, 0.25) is 0 Å². The molecule has 4 fully saturated rings. The summed E-state index contributed by atoms with van der Waals surface area (Å²) in [5, 5.41) is 18.9. The van der Waals surface area contributed by atoms with Gasteiger partial charge in [-0.15, -0.1) is 4.39 Å². The molecule has 4 aliphatic rings. The Labute approximate surface area is 271 Å². The van der Waals surface area contributed by atoms with E-state index in [0.29, 0.717) is 61.7 Å². The van der Waals surface area contributed by atoms with E-state index in [1.807, 2.05) is 0 Å². The number of pyridine rings is 1. The highest BCUT2D eigenvalue weighted by Crippen LogP contribution is 2.45. The molecule has 1 aliphatic carbocycles. The average Bonchev–Trinajstić information content (AvgIpc) is 3.63. The van der Waals surface area contributed by atoms with E-state index >= 15 is 4.39 Å². The quantitative estimate of drug-likeness (QED) is 0.147. The first-order valence-corrected chi connectivity index (χ1v) is 15.7. The van der Waals surface area contributed by atoms with E-state index in [0.717, 1.165) is 31.9 Å². The lowest BCUT2D eigenvalue weighted by Crippen LogP contribution is -2.43. The van der Waals surface area contributed by atoms with Crippen LogP contribution in [0.1, 0.15) is 25.7 Å². The Morgan fingerprint density at radius 3 is 2.85 bits per heavy atom. The second-order valence-electron chi connectivity index (χ2n) is 13.0. The lowest BCUT2D eigenvalue weighted by atomic mass is 9.94. The standard InChI is InChI=1S/C33H32F4N6O5/c34-12-17-11-32(4-1-5-42(32)14-17)16-47-31-40-28-22(30(41-31)43-6-7-46-15-19-9-24(19)43)13-39-27(26(28)36)21-10-20(38)8-18-2-3-23(35)29(25(18)21)48-33(37,44)45/h2-3,8,10,12-13,19,24,44-45H,1,4-7,9,11,14-16,38H2/b17-12-/t19?,24?,32-/m0/s1. The van der Waals surface area contributed by atoms with Gasteiger partial charge in [-0.1, -0.05) is 6.07 Å². The number of rotatable bonds is 7. The van der Waals surface area contributed by atoms with Gasteiger partial charge in [-0.05, 0) is 61.4 Å². The predicted molar refractivity (Wildman–Crippen MR) is 166 cm³/mol. The first-order valence-electron chi connectivity index (χ1n) is 15.7. The van der Waals surface area contributed by atoms with Gasteiger partial charge in [0.15, 0.2) is 17.4 Å². The highest BCUT2D eigenvalue weighted by molar-refractivity contribution is 6.04. The Hall–Kier alpha value is -4.31. The molecule has 15 heteroatoms. The number of ether oxygens (including phenoxy) is 3. The van der Waals surface area contributed by atoms with Crippen molar-refractivity contribution in [3.63, 3.8) is 0 Å². The number of nitrogens with zero attached hydrogens (tertiary/aromatic N) is 5. The molecule has 5 heterocycles. The lowest BCUT2D eigenvalue weighted by molar-refractivity contribution is -0.375. The van der Waals surface area contributed by atoms with E-state index in [2.05, 4.69) is 24.5 Å². The van der Waals surface area contributed by atoms with E-state index in [9.17, 15) is 23.4 Å². The number of aromatic nitrogens is 3. The van der Waals surface area contributed by atoms with Gasteiger partial charge >= 0.3 is 12.2 Å². The van der Waals surface area contributed by atoms with Crippen LogP contribution in [0.5, 0.6) is 11.8 Å². The molecule has 0 amide bonds. The maximum absolute atomic E-state index is 16.9. The maximum atomic E-state index is 16.9. The molecule has 4 aromatic rings. The van der Waals surface area contributed by atoms with Crippen LogP contribution in [0.3, 0.4) is 0 Å². The smallest absolute Gasteiger partial charge is 0.461 e. The fraction of sp³-hybridized carbons (Fsp3) is 0.424. The zero-order valence-corrected chi connectivity index (χ0v) is 25.6. The van der Waals surface area contributed by atoms with E-state index < -0.39 is 29.1 Å². The van der Waals surface area contributed by atoms with Crippen LogP contribution < -0.4 is 20.1 Å². The third-order valence-corrected chi connectivity index (χ3v) is 9.86. The van der Waals surface area contributed by atoms with Crippen LogP contribution in [-0.2, 0) is 4.74 Å². The van der Waals surface area contributed by atoms with Crippen molar-refractivity contribution in [1.82, 2.24) is 19.9 Å². The minimum Gasteiger partial charge on any atom is -0.461 e. The molecule has 252 valence electrons. The topological polar surface area (TPSA) is 139 Å². The minimum atomic E-state index is -4.23. The van der Waals surface area contributed by atoms with Crippen molar-refractivity contribution in [2.45, 2.75) is 43.5 Å². The summed E-state index contributed by atoms with van der Waals surface area (Å²) in [5.74, 6) is -2.24. The van der Waals surface area contributed by atoms with Crippen molar-refractivity contribution in [2.24, 2.45) is 5.92 Å². The first-order chi connectivity index (χ1) is 23.0. The first kappa shape index (κ1) is 31.0. The van der Waals surface area contributed by atoms with Gasteiger partial charge in [0, 0.05) is 47.9 Å². The Kier molecular flexibility index (Phi) is 7.36. The second-order valence-corrected chi connectivity index (χ2v) is 13.0. The second kappa shape index (κ2) is 11.4. The average molecular weight is 669 g/mol. The number of anilines is 2. The molecule has 2 aromatic heterocycles. The van der Waals surface area contributed by atoms with Gasteiger partial charge in [0.25, 0.3) is 0 Å². The van der Waals surface area contributed by atoms with Gasteiger partial charge in [-0.2, -0.15) is 9.97 Å². The number of hydrogen-bond acceptors (Lipinski definition) is 11. The van der Waals surface area contributed by atoms with Crippen molar-refractivity contribution in [1.29, 1.82) is 0 Å². The molecule has 11 nitrogen and oxygen atoms in total. The number of fused-ring (bicyclic) bond motifs is 4. The van der Waals surface area contributed by atoms with Crippen molar-refractivity contribution in [3.8, 4) is 23.0 Å². The lowest BCUT2D eigenvalue weighted by Gasteiger charge is -2.31. The van der Waals surface area contributed by atoms with Gasteiger partial charge in [0.1, 0.15) is 23.6 Å². The van der Waals surface area contributed by atoms with Crippen LogP contribution in [0.25, 0.3) is 32.9 Å². The molecule has 8 rings (SSSR count). The maximum Gasteiger partial charge on any atom is 0.492 e. The summed E-state index contributed by atoms with van der Waals surface area (Å²) in [4.78, 5) is 17.9. The summed E-state index contributed by atoms with van der Waals surface area (Å²) in [7, 11) is 0. The van der Waals surface area contributed by atoms with Crippen molar-refractivity contribution < 1.29 is 42.0 Å². The summed E-state index contributed by atoms with van der Waals surface area (Å²) < 4.78 is 75.8. The van der Waals surface area contributed by atoms with Gasteiger partial charge in [-0.3, -0.25) is 9.88 Å². The van der Waals surface area contributed by atoms with Gasteiger partial charge < -0.3 is 35.1 Å². The number of hydrogen-bond donors (Lipinski definition) is 3. The fourth-order valence-electron chi connectivity index (χ4n) is 7.61. The molecule has 4 N–H and O–H groups in total. The summed E-state index contributed by atoms with van der Waals surface area (Å²) in [5.41, 5.74) is 5.96. The molecule has 0 radical (unpaired) electrons.